The Bertz CT molecular complexity index is 326. The van der Waals surface area contributed by atoms with Crippen molar-refractivity contribution in [3.63, 3.8) is 0 Å². The summed E-state index contributed by atoms with van der Waals surface area (Å²) in [5.41, 5.74) is 0.550. The molecule has 0 saturated heterocycles. The second-order valence-corrected chi connectivity index (χ2v) is 4.37. The van der Waals surface area contributed by atoms with Crippen LogP contribution < -0.4 is 5.32 Å². The van der Waals surface area contributed by atoms with Crippen LogP contribution in [0.2, 0.25) is 5.02 Å². The zero-order valence-corrected chi connectivity index (χ0v) is 11.1. The van der Waals surface area contributed by atoms with E-state index in [-0.39, 0.29) is 11.9 Å². The summed E-state index contributed by atoms with van der Waals surface area (Å²) >= 11 is 5.98. The van der Waals surface area contributed by atoms with E-state index in [0.717, 1.165) is 13.0 Å². The van der Waals surface area contributed by atoms with Gasteiger partial charge in [0, 0.05) is 23.2 Å². The highest BCUT2D eigenvalue weighted by molar-refractivity contribution is 6.31. The predicted octanol–water partition coefficient (Wildman–Crippen LogP) is 3.04. The number of hydrogen-bond donors (Lipinski definition) is 1. The SMILES string of the molecule is CCCOCC(Cc1c(F)cccc1Cl)NC. The fourth-order valence-corrected chi connectivity index (χ4v) is 1.83. The molecule has 0 aliphatic heterocycles. The average molecular weight is 260 g/mol. The predicted molar refractivity (Wildman–Crippen MR) is 69.1 cm³/mol. The maximum atomic E-state index is 13.6. The van der Waals surface area contributed by atoms with E-state index in [0.29, 0.717) is 23.6 Å². The Balaban J connectivity index is 2.60. The van der Waals surface area contributed by atoms with Crippen LogP contribution in [0.1, 0.15) is 18.9 Å². The Labute approximate surface area is 107 Å². The summed E-state index contributed by atoms with van der Waals surface area (Å²) in [6.07, 6.45) is 1.52. The maximum Gasteiger partial charge on any atom is 0.127 e. The first-order valence-electron chi connectivity index (χ1n) is 5.87. The lowest BCUT2D eigenvalue weighted by atomic mass is 10.1. The van der Waals surface area contributed by atoms with Crippen molar-refractivity contribution in [2.24, 2.45) is 0 Å². The fourth-order valence-electron chi connectivity index (χ4n) is 1.59. The molecule has 0 amide bonds. The molecule has 0 aliphatic rings. The lowest BCUT2D eigenvalue weighted by Gasteiger charge is -2.17. The van der Waals surface area contributed by atoms with Gasteiger partial charge in [-0.25, -0.2) is 4.39 Å². The number of ether oxygens (including phenoxy) is 1. The van der Waals surface area contributed by atoms with Crippen molar-refractivity contribution in [2.75, 3.05) is 20.3 Å². The highest BCUT2D eigenvalue weighted by atomic mass is 35.5. The van der Waals surface area contributed by atoms with Gasteiger partial charge in [-0.3, -0.25) is 0 Å². The number of hydrogen-bond acceptors (Lipinski definition) is 2. The molecule has 0 radical (unpaired) electrons. The van der Waals surface area contributed by atoms with Crippen LogP contribution in [0.5, 0.6) is 0 Å². The van der Waals surface area contributed by atoms with Gasteiger partial charge >= 0.3 is 0 Å². The van der Waals surface area contributed by atoms with Crippen molar-refractivity contribution in [3.05, 3.63) is 34.6 Å². The minimum atomic E-state index is -0.256. The molecule has 96 valence electrons. The fraction of sp³-hybridized carbons (Fsp3) is 0.538. The first kappa shape index (κ1) is 14.4. The van der Waals surface area contributed by atoms with Gasteiger partial charge in [-0.2, -0.15) is 0 Å². The minimum absolute atomic E-state index is 0.0796. The Morgan fingerprint density at radius 2 is 2.24 bits per heavy atom. The lowest BCUT2D eigenvalue weighted by Crippen LogP contribution is -2.33. The molecule has 0 fully saturated rings. The number of halogens is 2. The van der Waals surface area contributed by atoms with Crippen LogP contribution >= 0.6 is 11.6 Å². The molecule has 1 unspecified atom stereocenters. The van der Waals surface area contributed by atoms with E-state index in [1.54, 1.807) is 12.1 Å². The van der Waals surface area contributed by atoms with Crippen LogP contribution in [-0.2, 0) is 11.2 Å². The van der Waals surface area contributed by atoms with Gasteiger partial charge in [0.25, 0.3) is 0 Å². The van der Waals surface area contributed by atoms with E-state index in [9.17, 15) is 4.39 Å². The molecular formula is C13H19ClFNO. The Hall–Kier alpha value is -0.640. The summed E-state index contributed by atoms with van der Waals surface area (Å²) in [5, 5.41) is 3.59. The second-order valence-electron chi connectivity index (χ2n) is 3.96. The molecule has 0 spiro atoms. The number of benzene rings is 1. The van der Waals surface area contributed by atoms with Crippen molar-refractivity contribution in [3.8, 4) is 0 Å². The van der Waals surface area contributed by atoms with Crippen molar-refractivity contribution in [1.82, 2.24) is 5.32 Å². The molecule has 1 N–H and O–H groups in total. The summed E-state index contributed by atoms with van der Waals surface area (Å²) in [6, 6.07) is 4.83. The molecule has 17 heavy (non-hydrogen) atoms. The molecule has 0 heterocycles. The van der Waals surface area contributed by atoms with Crippen LogP contribution in [-0.4, -0.2) is 26.3 Å². The van der Waals surface area contributed by atoms with E-state index >= 15 is 0 Å². The summed E-state index contributed by atoms with van der Waals surface area (Å²) in [5.74, 6) is -0.256. The van der Waals surface area contributed by atoms with Gasteiger partial charge in [-0.05, 0) is 32.0 Å². The summed E-state index contributed by atoms with van der Waals surface area (Å²) in [6.45, 7) is 3.35. The topological polar surface area (TPSA) is 21.3 Å². The molecule has 0 aliphatic carbocycles. The van der Waals surface area contributed by atoms with Crippen LogP contribution in [0.4, 0.5) is 4.39 Å². The van der Waals surface area contributed by atoms with Crippen molar-refractivity contribution in [1.29, 1.82) is 0 Å². The van der Waals surface area contributed by atoms with E-state index in [1.807, 2.05) is 7.05 Å². The largest absolute Gasteiger partial charge is 0.380 e. The van der Waals surface area contributed by atoms with Crippen molar-refractivity contribution < 1.29 is 9.13 Å². The van der Waals surface area contributed by atoms with Gasteiger partial charge in [0.15, 0.2) is 0 Å². The third-order valence-electron chi connectivity index (χ3n) is 2.59. The Morgan fingerprint density at radius 3 is 2.82 bits per heavy atom. The highest BCUT2D eigenvalue weighted by Gasteiger charge is 2.13. The lowest BCUT2D eigenvalue weighted by molar-refractivity contribution is 0.113. The summed E-state index contributed by atoms with van der Waals surface area (Å²) in [4.78, 5) is 0. The quantitative estimate of drug-likeness (QED) is 0.760. The van der Waals surface area contributed by atoms with Crippen LogP contribution in [0.25, 0.3) is 0 Å². The van der Waals surface area contributed by atoms with Gasteiger partial charge in [-0.1, -0.05) is 24.6 Å². The molecule has 2 nitrogen and oxygen atoms in total. The molecule has 4 heteroatoms. The Morgan fingerprint density at radius 1 is 1.47 bits per heavy atom. The first-order valence-corrected chi connectivity index (χ1v) is 6.24. The average Bonchev–Trinajstić information content (AvgIpc) is 2.32. The summed E-state index contributed by atoms with van der Waals surface area (Å²) < 4.78 is 19.0. The molecule has 1 atom stereocenters. The van der Waals surface area contributed by atoms with E-state index in [1.165, 1.54) is 6.07 Å². The van der Waals surface area contributed by atoms with Crippen LogP contribution in [0.3, 0.4) is 0 Å². The van der Waals surface area contributed by atoms with Crippen molar-refractivity contribution >= 4 is 11.6 Å². The second kappa shape index (κ2) is 7.64. The van der Waals surface area contributed by atoms with E-state index < -0.39 is 0 Å². The highest BCUT2D eigenvalue weighted by Crippen LogP contribution is 2.20. The Kier molecular flexibility index (Phi) is 6.48. The zero-order chi connectivity index (χ0) is 12.7. The normalized spacial score (nSPS) is 12.7. The number of nitrogens with one attached hydrogen (secondary N) is 1. The minimum Gasteiger partial charge on any atom is -0.380 e. The molecule has 1 aromatic rings. The zero-order valence-electron chi connectivity index (χ0n) is 10.3. The smallest absolute Gasteiger partial charge is 0.127 e. The third-order valence-corrected chi connectivity index (χ3v) is 2.94. The molecule has 1 aromatic carbocycles. The van der Waals surface area contributed by atoms with Gasteiger partial charge < -0.3 is 10.1 Å². The molecular weight excluding hydrogens is 241 g/mol. The third kappa shape index (κ3) is 4.62. The first-order chi connectivity index (χ1) is 8.19. The monoisotopic (exact) mass is 259 g/mol. The molecule has 1 rings (SSSR count). The standard InChI is InChI=1S/C13H19ClFNO/c1-3-7-17-9-10(16-2)8-11-12(14)5-4-6-13(11)15/h4-6,10,16H,3,7-9H2,1-2H3. The van der Waals surface area contributed by atoms with E-state index in [2.05, 4.69) is 12.2 Å². The van der Waals surface area contributed by atoms with Gasteiger partial charge in [0.1, 0.15) is 5.82 Å². The summed E-state index contributed by atoms with van der Waals surface area (Å²) in [7, 11) is 1.84. The number of rotatable bonds is 7. The molecule has 0 saturated carbocycles. The van der Waals surface area contributed by atoms with Crippen LogP contribution in [0, 0.1) is 5.82 Å². The maximum absolute atomic E-state index is 13.6. The molecule has 0 bridgehead atoms. The van der Waals surface area contributed by atoms with Crippen LogP contribution in [0.15, 0.2) is 18.2 Å². The van der Waals surface area contributed by atoms with Gasteiger partial charge in [0.2, 0.25) is 0 Å². The van der Waals surface area contributed by atoms with Gasteiger partial charge in [-0.15, -0.1) is 0 Å². The van der Waals surface area contributed by atoms with Gasteiger partial charge in [0.05, 0.1) is 6.61 Å². The molecule has 0 aromatic heterocycles. The van der Waals surface area contributed by atoms with E-state index in [4.69, 9.17) is 16.3 Å². The van der Waals surface area contributed by atoms with Crippen molar-refractivity contribution in [2.45, 2.75) is 25.8 Å². The number of likely N-dealkylation sites (N-methyl/N-ethyl adjacent to an activating group) is 1.